The van der Waals surface area contributed by atoms with Crippen molar-refractivity contribution in [3.63, 3.8) is 0 Å². The maximum absolute atomic E-state index is 5.90. The van der Waals surface area contributed by atoms with Gasteiger partial charge in [0.1, 0.15) is 12.1 Å². The molecule has 1 aliphatic rings. The molecule has 1 aromatic heterocycles. The number of rotatable bonds is 3. The predicted octanol–water partition coefficient (Wildman–Crippen LogP) is 2.30. The minimum absolute atomic E-state index is 0.488. The van der Waals surface area contributed by atoms with Crippen LogP contribution < -0.4 is 5.32 Å². The summed E-state index contributed by atoms with van der Waals surface area (Å²) in [6.45, 7) is 0. The van der Waals surface area contributed by atoms with Crippen molar-refractivity contribution in [3.8, 4) is 0 Å². The fourth-order valence-electron chi connectivity index (χ4n) is 1.98. The summed E-state index contributed by atoms with van der Waals surface area (Å²) < 4.78 is 0. The maximum atomic E-state index is 5.90. The molecule has 2 unspecified atom stereocenters. The minimum atomic E-state index is 0.488. The van der Waals surface area contributed by atoms with Crippen LogP contribution in [0.3, 0.4) is 0 Å². The van der Waals surface area contributed by atoms with Gasteiger partial charge in [-0.15, -0.1) is 11.6 Å². The number of hydrogen-bond donors (Lipinski definition) is 1. The largest absolute Gasteiger partial charge is 0.367 e. The van der Waals surface area contributed by atoms with Gasteiger partial charge < -0.3 is 5.32 Å². The molecule has 0 bridgehead atoms. The van der Waals surface area contributed by atoms with E-state index in [1.165, 1.54) is 19.3 Å². The number of halogens is 1. The van der Waals surface area contributed by atoms with Gasteiger partial charge in [-0.3, -0.25) is 0 Å². The van der Waals surface area contributed by atoms with Crippen molar-refractivity contribution in [1.82, 2.24) is 9.97 Å². The molecule has 0 aliphatic heterocycles. The molecule has 0 saturated heterocycles. The van der Waals surface area contributed by atoms with Gasteiger partial charge in [0.25, 0.3) is 0 Å². The summed E-state index contributed by atoms with van der Waals surface area (Å²) in [4.78, 5) is 8.03. The van der Waals surface area contributed by atoms with Crippen molar-refractivity contribution in [2.24, 2.45) is 5.92 Å². The number of anilines is 1. The molecule has 76 valence electrons. The van der Waals surface area contributed by atoms with Gasteiger partial charge in [0.05, 0.1) is 0 Å². The number of hydrogen-bond acceptors (Lipinski definition) is 3. The Morgan fingerprint density at radius 1 is 1.50 bits per heavy atom. The molecule has 0 amide bonds. The van der Waals surface area contributed by atoms with Gasteiger partial charge in [0.15, 0.2) is 0 Å². The first-order valence-corrected chi connectivity index (χ1v) is 5.52. The summed E-state index contributed by atoms with van der Waals surface area (Å²) in [6, 6.07) is 2.38. The average Bonchev–Trinajstić information content (AvgIpc) is 2.67. The van der Waals surface area contributed by atoms with Gasteiger partial charge in [-0.05, 0) is 24.8 Å². The van der Waals surface area contributed by atoms with Gasteiger partial charge in [0.2, 0.25) is 0 Å². The molecule has 2 atom stereocenters. The van der Waals surface area contributed by atoms with Crippen LogP contribution in [-0.2, 0) is 0 Å². The Hall–Kier alpha value is -0.830. The zero-order valence-corrected chi connectivity index (χ0v) is 8.74. The monoisotopic (exact) mass is 211 g/mol. The van der Waals surface area contributed by atoms with Crippen LogP contribution in [0.15, 0.2) is 18.6 Å². The van der Waals surface area contributed by atoms with Crippen molar-refractivity contribution < 1.29 is 0 Å². The molecule has 4 heteroatoms. The summed E-state index contributed by atoms with van der Waals surface area (Å²) >= 11 is 5.90. The van der Waals surface area contributed by atoms with Crippen LogP contribution in [0.25, 0.3) is 0 Å². The molecule has 1 fully saturated rings. The van der Waals surface area contributed by atoms with E-state index >= 15 is 0 Å². The minimum Gasteiger partial charge on any atom is -0.367 e. The second-order valence-electron chi connectivity index (χ2n) is 3.69. The summed E-state index contributed by atoms with van der Waals surface area (Å²) in [6.07, 6.45) is 7.00. The summed E-state index contributed by atoms with van der Waals surface area (Å²) in [7, 11) is 0. The van der Waals surface area contributed by atoms with E-state index in [-0.39, 0.29) is 0 Å². The summed E-state index contributed by atoms with van der Waals surface area (Å²) in [5.74, 6) is 2.23. The van der Waals surface area contributed by atoms with E-state index < -0.39 is 0 Å². The van der Waals surface area contributed by atoms with Crippen molar-refractivity contribution in [2.75, 3.05) is 11.2 Å². The summed E-state index contributed by atoms with van der Waals surface area (Å²) in [5.41, 5.74) is 0. The molecule has 1 aliphatic carbocycles. The zero-order chi connectivity index (χ0) is 9.80. The molecule has 1 aromatic rings. The van der Waals surface area contributed by atoms with Gasteiger partial charge in [-0.1, -0.05) is 6.42 Å². The Kier molecular flexibility index (Phi) is 3.19. The lowest BCUT2D eigenvalue weighted by Gasteiger charge is -2.18. The van der Waals surface area contributed by atoms with Crippen molar-refractivity contribution >= 4 is 17.4 Å². The van der Waals surface area contributed by atoms with Crippen LogP contribution in [0.1, 0.15) is 19.3 Å². The quantitative estimate of drug-likeness (QED) is 0.780. The average molecular weight is 212 g/mol. The van der Waals surface area contributed by atoms with Crippen LogP contribution >= 0.6 is 11.6 Å². The molecule has 1 saturated carbocycles. The van der Waals surface area contributed by atoms with Crippen molar-refractivity contribution in [3.05, 3.63) is 18.6 Å². The van der Waals surface area contributed by atoms with Crippen molar-refractivity contribution in [1.29, 1.82) is 0 Å². The SMILES string of the molecule is ClCC1CCCC1Nc1ccncn1. The van der Waals surface area contributed by atoms with E-state index in [0.717, 1.165) is 11.7 Å². The lowest BCUT2D eigenvalue weighted by molar-refractivity contribution is 0.561. The van der Waals surface area contributed by atoms with Crippen LogP contribution in [0, 0.1) is 5.92 Å². The van der Waals surface area contributed by atoms with Gasteiger partial charge in [0, 0.05) is 18.1 Å². The van der Waals surface area contributed by atoms with E-state index in [1.54, 1.807) is 12.5 Å². The molecular formula is C10H14ClN3. The maximum Gasteiger partial charge on any atom is 0.129 e. The van der Waals surface area contributed by atoms with Crippen LogP contribution in [0.4, 0.5) is 5.82 Å². The lowest BCUT2D eigenvalue weighted by atomic mass is 10.1. The molecular weight excluding hydrogens is 198 g/mol. The topological polar surface area (TPSA) is 37.8 Å². The normalized spacial score (nSPS) is 26.4. The standard InChI is InChI=1S/C10H14ClN3/c11-6-8-2-1-3-9(8)14-10-4-5-12-7-13-10/h4-5,7-9H,1-3,6H2,(H,12,13,14). The second-order valence-corrected chi connectivity index (χ2v) is 4.00. The smallest absolute Gasteiger partial charge is 0.129 e. The first-order valence-electron chi connectivity index (χ1n) is 4.98. The summed E-state index contributed by atoms with van der Waals surface area (Å²) in [5, 5.41) is 3.41. The molecule has 1 N–H and O–H groups in total. The van der Waals surface area contributed by atoms with E-state index in [4.69, 9.17) is 11.6 Å². The van der Waals surface area contributed by atoms with Gasteiger partial charge in [-0.25, -0.2) is 9.97 Å². The highest BCUT2D eigenvalue weighted by atomic mass is 35.5. The fraction of sp³-hybridized carbons (Fsp3) is 0.600. The highest BCUT2D eigenvalue weighted by Gasteiger charge is 2.26. The Balaban J connectivity index is 1.97. The second kappa shape index (κ2) is 4.60. The van der Waals surface area contributed by atoms with Crippen LogP contribution in [0.5, 0.6) is 0 Å². The fourth-order valence-corrected chi connectivity index (χ4v) is 2.35. The number of alkyl halides is 1. The molecule has 14 heavy (non-hydrogen) atoms. The van der Waals surface area contributed by atoms with Gasteiger partial charge >= 0.3 is 0 Å². The molecule has 0 aromatic carbocycles. The van der Waals surface area contributed by atoms with Crippen LogP contribution in [0.2, 0.25) is 0 Å². The zero-order valence-electron chi connectivity index (χ0n) is 7.99. The third-order valence-corrected chi connectivity index (χ3v) is 3.17. The Morgan fingerprint density at radius 2 is 2.43 bits per heavy atom. The first kappa shape index (κ1) is 9.71. The first-order chi connectivity index (χ1) is 6.90. The van der Waals surface area contributed by atoms with Gasteiger partial charge in [-0.2, -0.15) is 0 Å². The molecule has 2 rings (SSSR count). The molecule has 0 radical (unpaired) electrons. The highest BCUT2D eigenvalue weighted by molar-refractivity contribution is 6.18. The lowest BCUT2D eigenvalue weighted by Crippen LogP contribution is -2.25. The van der Waals surface area contributed by atoms with Crippen LogP contribution in [-0.4, -0.2) is 21.9 Å². The third kappa shape index (κ3) is 2.15. The van der Waals surface area contributed by atoms with E-state index in [1.807, 2.05) is 6.07 Å². The molecule has 3 nitrogen and oxygen atoms in total. The van der Waals surface area contributed by atoms with E-state index in [0.29, 0.717) is 12.0 Å². The Morgan fingerprint density at radius 3 is 3.14 bits per heavy atom. The van der Waals surface area contributed by atoms with Crippen molar-refractivity contribution in [2.45, 2.75) is 25.3 Å². The van der Waals surface area contributed by atoms with E-state index in [9.17, 15) is 0 Å². The Labute approximate surface area is 88.9 Å². The number of nitrogens with one attached hydrogen (secondary N) is 1. The Bertz CT molecular complexity index is 278. The highest BCUT2D eigenvalue weighted by Crippen LogP contribution is 2.28. The molecule has 0 spiro atoms. The number of aromatic nitrogens is 2. The molecule has 1 heterocycles. The number of nitrogens with zero attached hydrogens (tertiary/aromatic N) is 2. The third-order valence-electron chi connectivity index (χ3n) is 2.77. The van der Waals surface area contributed by atoms with E-state index in [2.05, 4.69) is 15.3 Å². The predicted molar refractivity (Wildman–Crippen MR) is 57.5 cm³/mol.